The van der Waals surface area contributed by atoms with Gasteiger partial charge in [0, 0.05) is 13.0 Å². The number of hydrogen-bond donors (Lipinski definition) is 4. The molecule has 0 spiro atoms. The smallest absolute Gasteiger partial charge is 0.397 e. The second kappa shape index (κ2) is 41.0. The summed E-state index contributed by atoms with van der Waals surface area (Å²) in [4.78, 5) is 12.9. The predicted octanol–water partition coefficient (Wildman–Crippen LogP) is 11.2. The average molecular weight is 905 g/mol. The van der Waals surface area contributed by atoms with E-state index in [1.807, 2.05) is 0 Å². The third-order valence-electron chi connectivity index (χ3n) is 11.5. The highest BCUT2D eigenvalue weighted by molar-refractivity contribution is 7.80. The third-order valence-corrected chi connectivity index (χ3v) is 12.0. The summed E-state index contributed by atoms with van der Waals surface area (Å²) in [6.07, 6.45) is 37.9. The Bertz CT molecular complexity index is 1180. The minimum atomic E-state index is -5.06. The first-order valence-electron chi connectivity index (χ1n) is 25.1. The van der Waals surface area contributed by atoms with E-state index in [1.54, 1.807) is 0 Å². The largest absolute Gasteiger partial charge is 0.457 e. The van der Waals surface area contributed by atoms with Gasteiger partial charge >= 0.3 is 16.4 Å². The van der Waals surface area contributed by atoms with Gasteiger partial charge in [-0.1, -0.05) is 179 Å². The van der Waals surface area contributed by atoms with Crippen molar-refractivity contribution in [2.24, 2.45) is 0 Å². The Morgan fingerprint density at radius 2 is 1.03 bits per heavy atom. The lowest BCUT2D eigenvalue weighted by atomic mass is 9.99. The molecule has 12 nitrogen and oxygen atoms in total. The van der Waals surface area contributed by atoms with Crippen LogP contribution < -0.4 is 0 Å². The summed E-state index contributed by atoms with van der Waals surface area (Å²) in [5, 5.41) is 30.7. The van der Waals surface area contributed by atoms with E-state index in [0.717, 1.165) is 44.9 Å². The van der Waals surface area contributed by atoms with Crippen LogP contribution in [0.2, 0.25) is 0 Å². The van der Waals surface area contributed by atoms with Gasteiger partial charge in [-0.25, -0.2) is 4.18 Å². The Kier molecular flexibility index (Phi) is 38.8. The van der Waals surface area contributed by atoms with Crippen molar-refractivity contribution in [1.82, 2.24) is 0 Å². The molecule has 4 N–H and O–H groups in total. The molecule has 0 saturated carbocycles. The van der Waals surface area contributed by atoms with E-state index < -0.39 is 59.8 Å². The molecule has 0 bridgehead atoms. The minimum absolute atomic E-state index is 0.0341. The molecule has 62 heavy (non-hydrogen) atoms. The van der Waals surface area contributed by atoms with Crippen LogP contribution in [0, 0.1) is 0 Å². The number of carbonyl (C=O) groups excluding carboxylic acids is 1. The molecule has 13 heteroatoms. The van der Waals surface area contributed by atoms with E-state index in [-0.39, 0.29) is 19.6 Å². The first kappa shape index (κ1) is 58.6. The number of carbonyl (C=O) groups is 1. The molecule has 0 amide bonds. The molecular weight excluding hydrogens is 813 g/mol. The van der Waals surface area contributed by atoms with Crippen LogP contribution in [-0.2, 0) is 38.3 Å². The lowest BCUT2D eigenvalue weighted by molar-refractivity contribution is -0.301. The van der Waals surface area contributed by atoms with Crippen LogP contribution in [0.5, 0.6) is 0 Å². The summed E-state index contributed by atoms with van der Waals surface area (Å²) in [6, 6.07) is 0. The van der Waals surface area contributed by atoms with Crippen molar-refractivity contribution in [3.05, 3.63) is 24.3 Å². The Morgan fingerprint density at radius 3 is 1.50 bits per heavy atom. The maximum absolute atomic E-state index is 12.9. The molecular formula is C49H92O12S. The summed E-state index contributed by atoms with van der Waals surface area (Å²) in [6.45, 7) is 3.96. The Morgan fingerprint density at radius 1 is 0.597 bits per heavy atom. The molecule has 0 radical (unpaired) electrons. The van der Waals surface area contributed by atoms with Gasteiger partial charge in [0.2, 0.25) is 0 Å². The van der Waals surface area contributed by atoms with E-state index in [1.165, 1.54) is 148 Å². The Labute approximate surface area is 378 Å². The maximum atomic E-state index is 12.9. The first-order chi connectivity index (χ1) is 30.1. The number of hydrogen-bond acceptors (Lipinski definition) is 11. The van der Waals surface area contributed by atoms with E-state index in [2.05, 4.69) is 42.3 Å². The summed E-state index contributed by atoms with van der Waals surface area (Å²) in [5.74, 6) is -0.400. The highest BCUT2D eigenvalue weighted by Crippen LogP contribution is 2.26. The number of unbranched alkanes of at least 4 members (excludes halogenated alkanes) is 27. The Balaban J connectivity index is 2.32. The normalized spacial score (nSPS) is 20.1. The molecule has 0 aromatic rings. The summed E-state index contributed by atoms with van der Waals surface area (Å²) in [5.41, 5.74) is 0. The van der Waals surface area contributed by atoms with Crippen molar-refractivity contribution in [1.29, 1.82) is 0 Å². The van der Waals surface area contributed by atoms with Gasteiger partial charge in [-0.3, -0.25) is 9.35 Å². The second-order valence-electron chi connectivity index (χ2n) is 17.4. The van der Waals surface area contributed by atoms with E-state index in [4.69, 9.17) is 23.5 Å². The van der Waals surface area contributed by atoms with Crippen LogP contribution >= 0.6 is 0 Å². The van der Waals surface area contributed by atoms with Gasteiger partial charge in [-0.15, -0.1) is 0 Å². The van der Waals surface area contributed by atoms with Crippen molar-refractivity contribution in [3.63, 3.8) is 0 Å². The quantitative estimate of drug-likeness (QED) is 0.0197. The fraction of sp³-hybridized carbons (Fsp3) is 0.898. The van der Waals surface area contributed by atoms with Crippen molar-refractivity contribution in [2.75, 3.05) is 26.4 Å². The molecule has 0 aliphatic carbocycles. The van der Waals surface area contributed by atoms with E-state index in [0.29, 0.717) is 13.0 Å². The highest BCUT2D eigenvalue weighted by atomic mass is 32.3. The van der Waals surface area contributed by atoms with Crippen LogP contribution in [0.1, 0.15) is 219 Å². The molecule has 1 rings (SSSR count). The number of esters is 1. The molecule has 0 aromatic heterocycles. The summed E-state index contributed by atoms with van der Waals surface area (Å²) >= 11 is 0. The number of aliphatic hydroxyl groups is 3. The number of rotatable bonds is 44. The highest BCUT2D eigenvalue weighted by Gasteiger charge is 2.48. The molecule has 0 aromatic carbocycles. The van der Waals surface area contributed by atoms with Crippen molar-refractivity contribution in [2.45, 2.75) is 256 Å². The zero-order valence-corrected chi connectivity index (χ0v) is 40.0. The van der Waals surface area contributed by atoms with Crippen LogP contribution in [0.15, 0.2) is 24.3 Å². The zero-order valence-electron chi connectivity index (χ0n) is 39.2. The van der Waals surface area contributed by atoms with Crippen LogP contribution in [-0.4, -0.2) is 97.5 Å². The van der Waals surface area contributed by atoms with Crippen molar-refractivity contribution >= 4 is 16.4 Å². The molecule has 6 unspecified atom stereocenters. The SMILES string of the molecule is CCCC/C=C\CCCCCCCCOCC(COC1OC(CO)C(O)C(OS(=O)(=O)O)C1O)OC(=O)CCCCCCCCCCCCC/C=C\CCCCCCCCCC. The maximum Gasteiger partial charge on any atom is 0.397 e. The molecule has 366 valence electrons. The van der Waals surface area contributed by atoms with Gasteiger partial charge in [0.25, 0.3) is 0 Å². The summed E-state index contributed by atoms with van der Waals surface area (Å²) in [7, 11) is -5.06. The fourth-order valence-corrected chi connectivity index (χ4v) is 8.22. The van der Waals surface area contributed by atoms with Gasteiger partial charge in [0.1, 0.15) is 30.5 Å². The minimum Gasteiger partial charge on any atom is -0.457 e. The van der Waals surface area contributed by atoms with Crippen molar-refractivity contribution < 1.29 is 56.2 Å². The third kappa shape index (κ3) is 34.0. The zero-order chi connectivity index (χ0) is 45.4. The average Bonchev–Trinajstić information content (AvgIpc) is 3.24. The fourth-order valence-electron chi connectivity index (χ4n) is 7.71. The van der Waals surface area contributed by atoms with E-state index in [9.17, 15) is 28.5 Å². The molecule has 1 heterocycles. The van der Waals surface area contributed by atoms with Crippen LogP contribution in [0.4, 0.5) is 0 Å². The van der Waals surface area contributed by atoms with E-state index >= 15 is 0 Å². The van der Waals surface area contributed by atoms with Gasteiger partial charge in [0.15, 0.2) is 6.29 Å². The number of aliphatic hydroxyl groups excluding tert-OH is 3. The Hall–Kier alpha value is -1.42. The molecule has 6 atom stereocenters. The van der Waals surface area contributed by atoms with Crippen LogP contribution in [0.25, 0.3) is 0 Å². The lowest BCUT2D eigenvalue weighted by Crippen LogP contribution is -2.60. The van der Waals surface area contributed by atoms with Gasteiger partial charge in [-0.05, 0) is 57.8 Å². The second-order valence-corrected chi connectivity index (χ2v) is 18.4. The lowest BCUT2D eigenvalue weighted by Gasteiger charge is -2.41. The number of allylic oxidation sites excluding steroid dienone is 4. The van der Waals surface area contributed by atoms with Gasteiger partial charge < -0.3 is 34.3 Å². The molecule has 1 aliphatic rings. The molecule has 1 saturated heterocycles. The number of ether oxygens (including phenoxy) is 4. The first-order valence-corrected chi connectivity index (χ1v) is 26.5. The molecule has 1 fully saturated rings. The van der Waals surface area contributed by atoms with Gasteiger partial charge in [-0.2, -0.15) is 8.42 Å². The standard InChI is InChI=1S/C49H92O12S/c1-3-5-7-9-11-13-15-17-18-19-20-21-22-23-24-25-26-27-28-30-32-34-36-38-45(51)59-43(41-57-39-37-35-33-31-29-16-14-12-10-8-6-4-2)42-58-49-47(53)48(61-62(54,55)56)46(52)44(40-50)60-49/h10,12,19-20,43-44,46-50,52-53H,3-9,11,13-18,21-42H2,1-2H3,(H,54,55,56)/b12-10-,20-19-. The summed E-state index contributed by atoms with van der Waals surface area (Å²) < 4.78 is 59.1. The van der Waals surface area contributed by atoms with Gasteiger partial charge in [0.05, 0.1) is 19.8 Å². The van der Waals surface area contributed by atoms with Crippen molar-refractivity contribution in [3.8, 4) is 0 Å². The topological polar surface area (TPSA) is 178 Å². The van der Waals surface area contributed by atoms with Crippen LogP contribution in [0.3, 0.4) is 0 Å². The monoisotopic (exact) mass is 905 g/mol. The predicted molar refractivity (Wildman–Crippen MR) is 248 cm³/mol. The molecule has 1 aliphatic heterocycles.